The fourth-order valence-electron chi connectivity index (χ4n) is 3.05. The van der Waals surface area contributed by atoms with Crippen LogP contribution in [0.4, 0.5) is 5.82 Å². The summed E-state index contributed by atoms with van der Waals surface area (Å²) in [6.07, 6.45) is 4.78. The quantitative estimate of drug-likeness (QED) is 0.834. The minimum absolute atomic E-state index is 0.198. The molecule has 2 rings (SSSR count). The lowest BCUT2D eigenvalue weighted by Crippen LogP contribution is -2.45. The Bertz CT molecular complexity index is 447. The zero-order valence-electron chi connectivity index (χ0n) is 12.0. The Hall–Kier alpha value is -1.69. The van der Waals surface area contributed by atoms with Crippen LogP contribution in [0.1, 0.15) is 43.1 Å². The van der Waals surface area contributed by atoms with Crippen molar-refractivity contribution in [1.82, 2.24) is 10.2 Å². The first-order valence-electron chi connectivity index (χ1n) is 7.27. The van der Waals surface area contributed by atoms with Crippen molar-refractivity contribution in [2.24, 2.45) is 17.4 Å². The smallest absolute Gasteiger partial charge is 0.269 e. The summed E-state index contributed by atoms with van der Waals surface area (Å²) in [6, 6.07) is 3.86. The minimum atomic E-state index is -0.551. The highest BCUT2D eigenvalue weighted by atomic mass is 16.1. The number of carbonyl (C=O) groups is 1. The Kier molecular flexibility index (Phi) is 4.89. The molecule has 1 aromatic rings. The van der Waals surface area contributed by atoms with Crippen molar-refractivity contribution in [3.8, 4) is 0 Å². The van der Waals surface area contributed by atoms with Gasteiger partial charge in [0.05, 0.1) is 0 Å². The lowest BCUT2D eigenvalue weighted by molar-refractivity contribution is 0.0994. The second-order valence-electron chi connectivity index (χ2n) is 5.27. The summed E-state index contributed by atoms with van der Waals surface area (Å²) in [5, 5.41) is 8.04. The molecule has 0 saturated heterocycles. The SMILES string of the molecule is CCN(c1ccc(C(N)=O)nn1)C1CCCCC1CN. The van der Waals surface area contributed by atoms with Gasteiger partial charge >= 0.3 is 0 Å². The maximum absolute atomic E-state index is 11.0. The van der Waals surface area contributed by atoms with Crippen molar-refractivity contribution in [3.05, 3.63) is 17.8 Å². The van der Waals surface area contributed by atoms with Crippen LogP contribution in [0.3, 0.4) is 0 Å². The third-order valence-corrected chi connectivity index (χ3v) is 4.11. The number of rotatable bonds is 5. The Morgan fingerprint density at radius 3 is 2.65 bits per heavy atom. The maximum Gasteiger partial charge on any atom is 0.269 e. The van der Waals surface area contributed by atoms with Crippen molar-refractivity contribution < 1.29 is 4.79 Å². The van der Waals surface area contributed by atoms with Gasteiger partial charge in [-0.25, -0.2) is 0 Å². The average Bonchev–Trinajstić information content (AvgIpc) is 2.49. The molecule has 6 heteroatoms. The number of nitrogens with two attached hydrogens (primary N) is 2. The van der Waals surface area contributed by atoms with E-state index in [1.807, 2.05) is 6.07 Å². The fraction of sp³-hybridized carbons (Fsp3) is 0.643. The molecule has 1 aromatic heterocycles. The molecule has 4 N–H and O–H groups in total. The first-order valence-corrected chi connectivity index (χ1v) is 7.27. The van der Waals surface area contributed by atoms with Gasteiger partial charge < -0.3 is 16.4 Å². The molecule has 1 amide bonds. The van der Waals surface area contributed by atoms with Crippen LogP contribution in [0.5, 0.6) is 0 Å². The van der Waals surface area contributed by atoms with Crippen LogP contribution in [-0.4, -0.2) is 35.2 Å². The van der Waals surface area contributed by atoms with Crippen molar-refractivity contribution in [1.29, 1.82) is 0 Å². The van der Waals surface area contributed by atoms with Crippen molar-refractivity contribution in [2.45, 2.75) is 38.6 Å². The molecule has 0 spiro atoms. The summed E-state index contributed by atoms with van der Waals surface area (Å²) < 4.78 is 0. The van der Waals surface area contributed by atoms with Gasteiger partial charge in [0.2, 0.25) is 0 Å². The van der Waals surface area contributed by atoms with Crippen molar-refractivity contribution in [2.75, 3.05) is 18.0 Å². The number of amides is 1. The molecular formula is C14H23N5O. The van der Waals surface area contributed by atoms with E-state index in [0.717, 1.165) is 18.8 Å². The molecule has 1 aliphatic carbocycles. The summed E-state index contributed by atoms with van der Waals surface area (Å²) in [7, 11) is 0. The number of nitrogens with zero attached hydrogens (tertiary/aromatic N) is 3. The molecule has 20 heavy (non-hydrogen) atoms. The van der Waals surface area contributed by atoms with Gasteiger partial charge in [0.15, 0.2) is 11.5 Å². The highest BCUT2D eigenvalue weighted by Gasteiger charge is 2.29. The second-order valence-corrected chi connectivity index (χ2v) is 5.27. The predicted octanol–water partition coefficient (Wildman–Crippen LogP) is 0.919. The standard InChI is InChI=1S/C14H23N5O/c1-2-19(12-6-4-3-5-10(12)9-15)13-8-7-11(14(16)20)17-18-13/h7-8,10,12H,2-6,9,15H2,1H3,(H2,16,20). The van der Waals surface area contributed by atoms with Gasteiger partial charge in [-0.3, -0.25) is 4.79 Å². The van der Waals surface area contributed by atoms with E-state index in [4.69, 9.17) is 11.5 Å². The van der Waals surface area contributed by atoms with Gasteiger partial charge in [-0.15, -0.1) is 10.2 Å². The molecule has 0 aromatic carbocycles. The topological polar surface area (TPSA) is 98.1 Å². The lowest BCUT2D eigenvalue weighted by Gasteiger charge is -2.39. The molecule has 0 radical (unpaired) electrons. The molecule has 110 valence electrons. The third-order valence-electron chi connectivity index (χ3n) is 4.11. The van der Waals surface area contributed by atoms with Crippen molar-refractivity contribution in [3.63, 3.8) is 0 Å². The number of primary amides is 1. The highest BCUT2D eigenvalue weighted by molar-refractivity contribution is 5.90. The van der Waals surface area contributed by atoms with Crippen LogP contribution in [-0.2, 0) is 0 Å². The molecular weight excluding hydrogens is 254 g/mol. The van der Waals surface area contributed by atoms with Crippen molar-refractivity contribution >= 4 is 11.7 Å². The molecule has 0 aliphatic heterocycles. The van der Waals surface area contributed by atoms with Crippen LogP contribution >= 0.6 is 0 Å². The second kappa shape index (κ2) is 6.65. The van der Waals surface area contributed by atoms with Gasteiger partial charge in [0, 0.05) is 12.6 Å². The molecule has 2 unspecified atom stereocenters. The number of hydrogen-bond donors (Lipinski definition) is 2. The summed E-state index contributed by atoms with van der Waals surface area (Å²) in [4.78, 5) is 13.3. The Morgan fingerprint density at radius 2 is 2.10 bits per heavy atom. The first-order chi connectivity index (χ1) is 9.67. The fourth-order valence-corrected chi connectivity index (χ4v) is 3.05. The Labute approximate surface area is 119 Å². The van der Waals surface area contributed by atoms with E-state index < -0.39 is 5.91 Å². The van der Waals surface area contributed by atoms with Crippen LogP contribution in [0.2, 0.25) is 0 Å². The molecule has 1 aliphatic rings. The molecule has 1 fully saturated rings. The van der Waals surface area contributed by atoms with Crippen LogP contribution in [0, 0.1) is 5.92 Å². The molecule has 6 nitrogen and oxygen atoms in total. The summed E-state index contributed by atoms with van der Waals surface area (Å²) in [5.74, 6) is 0.744. The van der Waals surface area contributed by atoms with Gasteiger partial charge in [-0.2, -0.15) is 0 Å². The van der Waals surface area contributed by atoms with E-state index in [1.165, 1.54) is 19.3 Å². The van der Waals surface area contributed by atoms with E-state index in [-0.39, 0.29) is 5.69 Å². The number of anilines is 1. The van der Waals surface area contributed by atoms with Gasteiger partial charge in [0.25, 0.3) is 5.91 Å². The van der Waals surface area contributed by atoms with Crippen LogP contribution in [0.25, 0.3) is 0 Å². The summed E-state index contributed by atoms with van der Waals surface area (Å²) >= 11 is 0. The number of hydrogen-bond acceptors (Lipinski definition) is 5. The van der Waals surface area contributed by atoms with Gasteiger partial charge in [-0.05, 0) is 44.4 Å². The van der Waals surface area contributed by atoms with E-state index in [9.17, 15) is 4.79 Å². The normalized spacial score (nSPS) is 22.5. The minimum Gasteiger partial charge on any atom is -0.364 e. The van der Waals surface area contributed by atoms with E-state index in [1.54, 1.807) is 6.07 Å². The lowest BCUT2D eigenvalue weighted by atomic mass is 9.83. The van der Waals surface area contributed by atoms with Crippen LogP contribution in [0.15, 0.2) is 12.1 Å². The van der Waals surface area contributed by atoms with Gasteiger partial charge in [-0.1, -0.05) is 12.8 Å². The Morgan fingerprint density at radius 1 is 1.35 bits per heavy atom. The molecule has 1 heterocycles. The van der Waals surface area contributed by atoms with E-state index >= 15 is 0 Å². The Balaban J connectivity index is 2.19. The first kappa shape index (κ1) is 14.7. The summed E-state index contributed by atoms with van der Waals surface area (Å²) in [6.45, 7) is 3.66. The molecule has 2 atom stereocenters. The third kappa shape index (κ3) is 3.07. The van der Waals surface area contributed by atoms with E-state index in [2.05, 4.69) is 22.0 Å². The van der Waals surface area contributed by atoms with Crippen LogP contribution < -0.4 is 16.4 Å². The predicted molar refractivity (Wildman–Crippen MR) is 78.4 cm³/mol. The monoisotopic (exact) mass is 277 g/mol. The maximum atomic E-state index is 11.0. The number of carbonyl (C=O) groups excluding carboxylic acids is 1. The van der Waals surface area contributed by atoms with Gasteiger partial charge in [0.1, 0.15) is 0 Å². The largest absolute Gasteiger partial charge is 0.364 e. The molecule has 1 saturated carbocycles. The zero-order valence-corrected chi connectivity index (χ0v) is 12.0. The summed E-state index contributed by atoms with van der Waals surface area (Å²) in [5.41, 5.74) is 11.3. The number of aromatic nitrogens is 2. The average molecular weight is 277 g/mol. The zero-order chi connectivity index (χ0) is 14.5. The van der Waals surface area contributed by atoms with E-state index in [0.29, 0.717) is 18.5 Å². The highest BCUT2D eigenvalue weighted by Crippen LogP contribution is 2.30. The molecule has 0 bridgehead atoms.